The fourth-order valence-electron chi connectivity index (χ4n) is 3.14. The third kappa shape index (κ3) is 3.52. The number of aromatic hydroxyl groups is 1. The fraction of sp³-hybridized carbons (Fsp3) is 0.211. The Hall–Kier alpha value is -3.46. The average Bonchev–Trinajstić information content (AvgIpc) is 3.27. The van der Waals surface area contributed by atoms with Gasteiger partial charge in [0, 0.05) is 12.1 Å². The summed E-state index contributed by atoms with van der Waals surface area (Å²) in [6.45, 7) is 0.904. The Morgan fingerprint density at radius 3 is 2.68 bits per heavy atom. The van der Waals surface area contributed by atoms with Crippen molar-refractivity contribution in [2.75, 3.05) is 11.4 Å². The summed E-state index contributed by atoms with van der Waals surface area (Å²) in [5, 5.41) is 16.4. The first-order valence-corrected chi connectivity index (χ1v) is 8.69. The molecule has 1 saturated heterocycles. The van der Waals surface area contributed by atoms with E-state index in [-0.39, 0.29) is 19.0 Å². The van der Waals surface area contributed by atoms with Crippen LogP contribution < -0.4 is 10.6 Å². The molecule has 1 aliphatic heterocycles. The highest BCUT2D eigenvalue weighted by Gasteiger charge is 2.33. The summed E-state index contributed by atoms with van der Waals surface area (Å²) in [5.74, 6) is -0.645. The maximum atomic E-state index is 14.7. The van der Waals surface area contributed by atoms with E-state index in [2.05, 4.69) is 10.3 Å². The van der Waals surface area contributed by atoms with Gasteiger partial charge in [0.15, 0.2) is 0 Å². The molecule has 0 bridgehead atoms. The SMILES string of the molecule is NCc1ccc(-c2ccc(N3C[C@H](Cn4cc(O)nn4)OC3=O)cc2F)cc1. The highest BCUT2D eigenvalue weighted by atomic mass is 19.1. The highest BCUT2D eigenvalue weighted by Crippen LogP contribution is 2.29. The molecular formula is C19H18FN5O3. The Balaban J connectivity index is 1.51. The molecule has 2 aromatic carbocycles. The Kier molecular flexibility index (Phi) is 4.66. The van der Waals surface area contributed by atoms with Crippen LogP contribution in [0.1, 0.15) is 5.56 Å². The number of carbonyl (C=O) groups excluding carboxylic acids is 1. The first-order valence-electron chi connectivity index (χ1n) is 8.69. The Labute approximate surface area is 159 Å². The molecule has 3 aromatic rings. The van der Waals surface area contributed by atoms with E-state index in [1.54, 1.807) is 12.1 Å². The number of halogens is 1. The molecule has 1 fully saturated rings. The minimum Gasteiger partial charge on any atom is -0.491 e. The maximum Gasteiger partial charge on any atom is 0.414 e. The number of carbonyl (C=O) groups is 1. The molecule has 1 aromatic heterocycles. The molecule has 0 aliphatic carbocycles. The van der Waals surface area contributed by atoms with Crippen LogP contribution in [0.25, 0.3) is 11.1 Å². The van der Waals surface area contributed by atoms with Crippen LogP contribution in [-0.4, -0.2) is 38.8 Å². The molecule has 4 rings (SSSR count). The summed E-state index contributed by atoms with van der Waals surface area (Å²) in [7, 11) is 0. The molecule has 0 spiro atoms. The van der Waals surface area contributed by atoms with Gasteiger partial charge < -0.3 is 15.6 Å². The van der Waals surface area contributed by atoms with E-state index in [1.807, 2.05) is 24.3 Å². The normalized spacial score (nSPS) is 16.4. The van der Waals surface area contributed by atoms with Gasteiger partial charge >= 0.3 is 6.09 Å². The number of aromatic nitrogens is 3. The molecule has 2 heterocycles. The zero-order valence-corrected chi connectivity index (χ0v) is 14.8. The van der Waals surface area contributed by atoms with E-state index in [0.29, 0.717) is 17.8 Å². The van der Waals surface area contributed by atoms with Crippen molar-refractivity contribution in [3.8, 4) is 17.0 Å². The van der Waals surface area contributed by atoms with E-state index in [0.717, 1.165) is 11.1 Å². The van der Waals surface area contributed by atoms with E-state index in [9.17, 15) is 14.3 Å². The van der Waals surface area contributed by atoms with Crippen molar-refractivity contribution < 1.29 is 19.0 Å². The second kappa shape index (κ2) is 7.28. The number of nitrogens with two attached hydrogens (primary N) is 1. The maximum absolute atomic E-state index is 14.7. The largest absolute Gasteiger partial charge is 0.491 e. The summed E-state index contributed by atoms with van der Waals surface area (Å²) in [6, 6.07) is 12.0. The van der Waals surface area contributed by atoms with Gasteiger partial charge in [-0.1, -0.05) is 34.6 Å². The number of nitrogens with zero attached hydrogens (tertiary/aromatic N) is 4. The second-order valence-electron chi connectivity index (χ2n) is 6.48. The third-order valence-corrected chi connectivity index (χ3v) is 4.56. The smallest absolute Gasteiger partial charge is 0.414 e. The Morgan fingerprint density at radius 1 is 1.25 bits per heavy atom. The number of amides is 1. The zero-order valence-electron chi connectivity index (χ0n) is 14.8. The highest BCUT2D eigenvalue weighted by molar-refractivity contribution is 5.90. The minimum absolute atomic E-state index is 0.210. The first-order chi connectivity index (χ1) is 13.5. The molecule has 1 atom stereocenters. The number of ether oxygens (including phenoxy) is 1. The third-order valence-electron chi connectivity index (χ3n) is 4.56. The summed E-state index contributed by atoms with van der Waals surface area (Å²) in [5.41, 5.74) is 8.13. The van der Waals surface area contributed by atoms with Gasteiger partial charge in [0.2, 0.25) is 0 Å². The van der Waals surface area contributed by atoms with Crippen LogP contribution in [0.5, 0.6) is 5.88 Å². The van der Waals surface area contributed by atoms with Crippen LogP contribution >= 0.6 is 0 Å². The Morgan fingerprint density at radius 2 is 2.04 bits per heavy atom. The monoisotopic (exact) mass is 383 g/mol. The van der Waals surface area contributed by atoms with E-state index < -0.39 is 18.0 Å². The van der Waals surface area contributed by atoms with Gasteiger partial charge in [0.25, 0.3) is 5.88 Å². The number of hydrogen-bond acceptors (Lipinski definition) is 6. The van der Waals surface area contributed by atoms with Crippen LogP contribution in [0.15, 0.2) is 48.7 Å². The number of anilines is 1. The van der Waals surface area contributed by atoms with Gasteiger partial charge in [-0.05, 0) is 29.3 Å². The lowest BCUT2D eigenvalue weighted by Crippen LogP contribution is -2.26. The summed E-state index contributed by atoms with van der Waals surface area (Å²) in [4.78, 5) is 13.6. The average molecular weight is 383 g/mol. The molecule has 9 heteroatoms. The molecule has 0 radical (unpaired) electrons. The summed E-state index contributed by atoms with van der Waals surface area (Å²) < 4.78 is 21.4. The van der Waals surface area contributed by atoms with Crippen LogP contribution in [0.4, 0.5) is 14.9 Å². The predicted molar refractivity (Wildman–Crippen MR) is 99.0 cm³/mol. The molecule has 1 amide bonds. The van der Waals surface area contributed by atoms with Gasteiger partial charge in [0.05, 0.1) is 25.0 Å². The minimum atomic E-state index is -0.561. The molecule has 8 nitrogen and oxygen atoms in total. The van der Waals surface area contributed by atoms with Crippen LogP contribution in [-0.2, 0) is 17.8 Å². The van der Waals surface area contributed by atoms with E-state index in [4.69, 9.17) is 10.5 Å². The number of cyclic esters (lactones) is 1. The molecule has 28 heavy (non-hydrogen) atoms. The quantitative estimate of drug-likeness (QED) is 0.700. The van der Waals surface area contributed by atoms with Gasteiger partial charge in [-0.2, -0.15) is 0 Å². The molecule has 0 saturated carbocycles. The number of hydrogen-bond donors (Lipinski definition) is 2. The summed E-state index contributed by atoms with van der Waals surface area (Å²) >= 11 is 0. The van der Waals surface area contributed by atoms with E-state index >= 15 is 0 Å². The molecule has 1 aliphatic rings. The van der Waals surface area contributed by atoms with Crippen molar-refractivity contribution in [1.82, 2.24) is 15.0 Å². The van der Waals surface area contributed by atoms with Crippen molar-refractivity contribution in [2.24, 2.45) is 5.73 Å². The van der Waals surface area contributed by atoms with Gasteiger partial charge in [0.1, 0.15) is 11.9 Å². The van der Waals surface area contributed by atoms with Gasteiger partial charge in [-0.15, -0.1) is 0 Å². The van der Waals surface area contributed by atoms with E-state index in [1.165, 1.54) is 21.8 Å². The number of rotatable bonds is 5. The van der Waals surface area contributed by atoms with Crippen molar-refractivity contribution in [3.63, 3.8) is 0 Å². The van der Waals surface area contributed by atoms with Crippen molar-refractivity contribution in [1.29, 1.82) is 0 Å². The fourth-order valence-corrected chi connectivity index (χ4v) is 3.14. The van der Waals surface area contributed by atoms with Crippen molar-refractivity contribution >= 4 is 11.8 Å². The van der Waals surface area contributed by atoms with Crippen LogP contribution in [0.3, 0.4) is 0 Å². The first kappa shape index (κ1) is 17.9. The second-order valence-corrected chi connectivity index (χ2v) is 6.48. The van der Waals surface area contributed by atoms with Gasteiger partial charge in [-0.3, -0.25) is 4.90 Å². The molecule has 0 unspecified atom stereocenters. The molecular weight excluding hydrogens is 365 g/mol. The lowest BCUT2D eigenvalue weighted by molar-refractivity contribution is 0.129. The van der Waals surface area contributed by atoms with Gasteiger partial charge in [-0.25, -0.2) is 13.9 Å². The topological polar surface area (TPSA) is 106 Å². The van der Waals surface area contributed by atoms with Crippen LogP contribution in [0, 0.1) is 5.82 Å². The zero-order chi connectivity index (χ0) is 19.7. The molecule has 144 valence electrons. The van der Waals surface area contributed by atoms with Crippen molar-refractivity contribution in [2.45, 2.75) is 19.2 Å². The number of benzene rings is 2. The van der Waals surface area contributed by atoms with Crippen LogP contribution in [0.2, 0.25) is 0 Å². The lowest BCUT2D eigenvalue weighted by Gasteiger charge is -2.14. The summed E-state index contributed by atoms with van der Waals surface area (Å²) in [6.07, 6.45) is 0.287. The molecule has 3 N–H and O–H groups in total. The standard InChI is InChI=1S/C19H18FN5O3/c20-17-7-14(5-6-16(17)13-3-1-12(8-21)2-4-13)25-10-15(28-19(25)27)9-24-11-18(26)22-23-24/h1-7,11,15,26H,8-10,21H2/t15-/m0/s1. The van der Waals surface area contributed by atoms with Crippen molar-refractivity contribution in [3.05, 3.63) is 60.0 Å². The Bertz CT molecular complexity index is 1010. The lowest BCUT2D eigenvalue weighted by atomic mass is 10.0. The predicted octanol–water partition coefficient (Wildman–Crippen LogP) is 2.27.